The highest BCUT2D eigenvalue weighted by molar-refractivity contribution is 5.58. The number of nitro benzene ring substituents is 1. The zero-order valence-corrected chi connectivity index (χ0v) is 10.5. The van der Waals surface area contributed by atoms with Crippen LogP contribution in [-0.4, -0.2) is 47.0 Å². The summed E-state index contributed by atoms with van der Waals surface area (Å²) in [6.07, 6.45) is -1.68. The van der Waals surface area contributed by atoms with Crippen molar-refractivity contribution in [3.63, 3.8) is 0 Å². The fraction of sp³-hybridized carbons (Fsp3) is 0.500. The first kappa shape index (κ1) is 13.6. The van der Waals surface area contributed by atoms with E-state index < -0.39 is 17.1 Å². The molecule has 1 aromatic carbocycles. The fourth-order valence-electron chi connectivity index (χ4n) is 2.09. The maximum atomic E-state index is 10.9. The number of nitrogens with zero attached hydrogens (tertiary/aromatic N) is 2. The van der Waals surface area contributed by atoms with E-state index in [-0.39, 0.29) is 18.8 Å². The van der Waals surface area contributed by atoms with E-state index in [1.54, 1.807) is 17.9 Å². The average Bonchev–Trinajstić information content (AvgIpc) is 2.70. The molecule has 1 aliphatic heterocycles. The van der Waals surface area contributed by atoms with Gasteiger partial charge in [-0.3, -0.25) is 10.1 Å². The number of aliphatic hydroxyl groups excluding tert-OH is 2. The molecule has 1 saturated heterocycles. The highest BCUT2D eigenvalue weighted by Gasteiger charge is 2.30. The van der Waals surface area contributed by atoms with E-state index >= 15 is 0 Å². The Kier molecular flexibility index (Phi) is 3.87. The van der Waals surface area contributed by atoms with Crippen LogP contribution in [0.2, 0.25) is 0 Å². The summed E-state index contributed by atoms with van der Waals surface area (Å²) >= 11 is 0. The molecule has 1 heterocycles. The van der Waals surface area contributed by atoms with Crippen LogP contribution in [0, 0.1) is 10.1 Å². The number of ether oxygens (including phenoxy) is 1. The first-order chi connectivity index (χ1) is 9.01. The van der Waals surface area contributed by atoms with Crippen LogP contribution >= 0.6 is 0 Å². The maximum absolute atomic E-state index is 10.9. The lowest BCUT2D eigenvalue weighted by atomic mass is 10.2. The predicted molar refractivity (Wildman–Crippen MR) is 68.5 cm³/mol. The molecule has 2 atom stereocenters. The summed E-state index contributed by atoms with van der Waals surface area (Å²) in [7, 11) is 0. The lowest BCUT2D eigenvalue weighted by Crippen LogP contribution is -2.22. The number of hydrogen-bond acceptors (Lipinski definition) is 6. The first-order valence-electron chi connectivity index (χ1n) is 6.04. The largest absolute Gasteiger partial charge is 0.494 e. The van der Waals surface area contributed by atoms with Gasteiger partial charge in [-0.1, -0.05) is 0 Å². The van der Waals surface area contributed by atoms with Crippen molar-refractivity contribution in [1.82, 2.24) is 0 Å². The standard InChI is InChI=1S/C12H16N2O5/c1-2-19-10-4-8(3-9(5-10)14(17)18)13-6-11(15)12(16)7-13/h3-5,11-12,15-16H,2,6-7H2,1H3. The molecule has 2 N–H and O–H groups in total. The molecule has 1 aliphatic rings. The zero-order chi connectivity index (χ0) is 14.0. The number of β-amino-alcohol motifs (C(OH)–C–C–N with tert-alkyl or cyclic N) is 2. The molecule has 0 bridgehead atoms. The third-order valence-electron chi connectivity index (χ3n) is 3.02. The topological polar surface area (TPSA) is 96.1 Å². The van der Waals surface area contributed by atoms with E-state index in [1.807, 2.05) is 0 Å². The van der Waals surface area contributed by atoms with Crippen LogP contribution < -0.4 is 9.64 Å². The smallest absolute Gasteiger partial charge is 0.275 e. The molecule has 0 spiro atoms. The molecule has 2 rings (SSSR count). The molecule has 1 aromatic rings. The van der Waals surface area contributed by atoms with Gasteiger partial charge in [0.05, 0.1) is 29.8 Å². The summed E-state index contributed by atoms with van der Waals surface area (Å²) in [5.41, 5.74) is 0.491. The van der Waals surface area contributed by atoms with Gasteiger partial charge in [-0.2, -0.15) is 0 Å². The predicted octanol–water partition coefficient (Wildman–Crippen LogP) is 0.535. The van der Waals surface area contributed by atoms with E-state index in [9.17, 15) is 20.3 Å². The zero-order valence-electron chi connectivity index (χ0n) is 10.5. The number of aliphatic hydroxyl groups is 2. The van der Waals surface area contributed by atoms with Gasteiger partial charge in [0, 0.05) is 30.9 Å². The second-order valence-electron chi connectivity index (χ2n) is 4.41. The Morgan fingerprint density at radius 1 is 1.37 bits per heavy atom. The molecule has 2 unspecified atom stereocenters. The van der Waals surface area contributed by atoms with Crippen molar-refractivity contribution in [3.8, 4) is 5.75 Å². The third kappa shape index (κ3) is 2.94. The Labute approximate surface area is 110 Å². The van der Waals surface area contributed by atoms with Crippen LogP contribution in [0.1, 0.15) is 6.92 Å². The molecular formula is C12H16N2O5. The van der Waals surface area contributed by atoms with Crippen LogP contribution in [0.5, 0.6) is 5.75 Å². The first-order valence-corrected chi connectivity index (χ1v) is 6.04. The average molecular weight is 268 g/mol. The van der Waals surface area contributed by atoms with Crippen molar-refractivity contribution < 1.29 is 19.9 Å². The van der Waals surface area contributed by atoms with Gasteiger partial charge in [0.25, 0.3) is 5.69 Å². The van der Waals surface area contributed by atoms with E-state index in [0.717, 1.165) is 0 Å². The lowest BCUT2D eigenvalue weighted by molar-refractivity contribution is -0.384. The van der Waals surface area contributed by atoms with Crippen LogP contribution in [0.3, 0.4) is 0 Å². The van der Waals surface area contributed by atoms with Crippen molar-refractivity contribution in [3.05, 3.63) is 28.3 Å². The number of nitro groups is 1. The molecule has 7 heteroatoms. The molecule has 1 fully saturated rings. The summed E-state index contributed by atoms with van der Waals surface area (Å²) in [6.45, 7) is 2.69. The van der Waals surface area contributed by atoms with E-state index in [0.29, 0.717) is 18.0 Å². The summed E-state index contributed by atoms with van der Waals surface area (Å²) in [5.74, 6) is 0.405. The lowest BCUT2D eigenvalue weighted by Gasteiger charge is -2.18. The number of benzene rings is 1. The fourth-order valence-corrected chi connectivity index (χ4v) is 2.09. The van der Waals surface area contributed by atoms with Gasteiger partial charge in [-0.15, -0.1) is 0 Å². The highest BCUT2D eigenvalue weighted by atomic mass is 16.6. The molecule has 0 aliphatic carbocycles. The molecule has 7 nitrogen and oxygen atoms in total. The van der Waals surface area contributed by atoms with Crippen LogP contribution in [-0.2, 0) is 0 Å². The Morgan fingerprint density at radius 2 is 2.00 bits per heavy atom. The van der Waals surface area contributed by atoms with Gasteiger partial charge >= 0.3 is 0 Å². The minimum Gasteiger partial charge on any atom is -0.494 e. The van der Waals surface area contributed by atoms with E-state index in [2.05, 4.69) is 0 Å². The molecule has 19 heavy (non-hydrogen) atoms. The monoisotopic (exact) mass is 268 g/mol. The Balaban J connectivity index is 2.31. The van der Waals surface area contributed by atoms with Crippen molar-refractivity contribution in [2.45, 2.75) is 19.1 Å². The number of hydrogen-bond donors (Lipinski definition) is 2. The number of anilines is 1. The van der Waals surface area contributed by atoms with Gasteiger partial charge in [-0.25, -0.2) is 0 Å². The molecular weight excluding hydrogens is 252 g/mol. The van der Waals surface area contributed by atoms with Gasteiger partial charge < -0.3 is 19.8 Å². The third-order valence-corrected chi connectivity index (χ3v) is 3.02. The Hall–Kier alpha value is -1.86. The minimum absolute atomic E-state index is 0.0724. The van der Waals surface area contributed by atoms with Gasteiger partial charge in [-0.05, 0) is 6.92 Å². The van der Waals surface area contributed by atoms with Gasteiger partial charge in [0.15, 0.2) is 0 Å². The SMILES string of the molecule is CCOc1cc(N2CC(O)C(O)C2)cc([N+](=O)[O-])c1. The summed E-state index contributed by atoms with van der Waals surface area (Å²) < 4.78 is 5.29. The maximum Gasteiger partial charge on any atom is 0.275 e. The summed E-state index contributed by atoms with van der Waals surface area (Å²) in [4.78, 5) is 12.1. The Bertz CT molecular complexity index is 469. The van der Waals surface area contributed by atoms with Crippen LogP contribution in [0.4, 0.5) is 11.4 Å². The summed E-state index contributed by atoms with van der Waals surface area (Å²) in [6, 6.07) is 4.43. The van der Waals surface area contributed by atoms with Crippen LogP contribution in [0.25, 0.3) is 0 Å². The summed E-state index contributed by atoms with van der Waals surface area (Å²) in [5, 5.41) is 29.9. The second-order valence-corrected chi connectivity index (χ2v) is 4.41. The van der Waals surface area contributed by atoms with E-state index in [1.165, 1.54) is 12.1 Å². The molecule has 0 amide bonds. The van der Waals surface area contributed by atoms with Crippen molar-refractivity contribution in [2.24, 2.45) is 0 Å². The minimum atomic E-state index is -0.838. The highest BCUT2D eigenvalue weighted by Crippen LogP contribution is 2.30. The number of rotatable bonds is 4. The molecule has 0 aromatic heterocycles. The van der Waals surface area contributed by atoms with E-state index in [4.69, 9.17) is 4.74 Å². The normalized spacial score (nSPS) is 22.6. The van der Waals surface area contributed by atoms with Gasteiger partial charge in [0.1, 0.15) is 5.75 Å². The molecule has 0 saturated carbocycles. The van der Waals surface area contributed by atoms with Crippen molar-refractivity contribution in [2.75, 3.05) is 24.6 Å². The Morgan fingerprint density at radius 3 is 2.53 bits per heavy atom. The van der Waals surface area contributed by atoms with Crippen molar-refractivity contribution >= 4 is 11.4 Å². The quantitative estimate of drug-likeness (QED) is 0.611. The van der Waals surface area contributed by atoms with Crippen molar-refractivity contribution in [1.29, 1.82) is 0 Å². The number of non-ortho nitro benzene ring substituents is 1. The second kappa shape index (κ2) is 5.41. The molecule has 0 radical (unpaired) electrons. The molecule has 104 valence electrons. The van der Waals surface area contributed by atoms with Gasteiger partial charge in [0.2, 0.25) is 0 Å². The van der Waals surface area contributed by atoms with Crippen LogP contribution in [0.15, 0.2) is 18.2 Å².